The Morgan fingerprint density at radius 3 is 2.58 bits per heavy atom. The lowest BCUT2D eigenvalue weighted by molar-refractivity contribution is -0.138. The molecule has 3 aromatic rings. The molecular formula is C29H27N3O5S. The highest BCUT2D eigenvalue weighted by molar-refractivity contribution is 7.07. The molecule has 0 fully saturated rings. The predicted octanol–water partition coefficient (Wildman–Crippen LogP) is 3.10. The normalized spacial score (nSPS) is 17.6. The first-order valence-electron chi connectivity index (χ1n) is 12.3. The molecule has 0 saturated heterocycles. The summed E-state index contributed by atoms with van der Waals surface area (Å²) in [5, 5.41) is 0. The zero-order valence-electron chi connectivity index (χ0n) is 21.4. The van der Waals surface area contributed by atoms with Gasteiger partial charge in [0.15, 0.2) is 4.80 Å². The highest BCUT2D eigenvalue weighted by atomic mass is 32.1. The first kappa shape index (κ1) is 25.4. The molecule has 0 spiro atoms. The predicted molar refractivity (Wildman–Crippen MR) is 146 cm³/mol. The average molecular weight is 530 g/mol. The van der Waals surface area contributed by atoms with E-state index in [4.69, 9.17) is 9.47 Å². The van der Waals surface area contributed by atoms with E-state index < -0.39 is 12.0 Å². The van der Waals surface area contributed by atoms with Crippen LogP contribution in [0.4, 0.5) is 5.69 Å². The number of nitrogens with zero attached hydrogens (tertiary/aromatic N) is 3. The largest absolute Gasteiger partial charge is 0.497 e. The number of hydrogen-bond donors (Lipinski definition) is 0. The molecule has 0 unspecified atom stereocenters. The van der Waals surface area contributed by atoms with Gasteiger partial charge in [0.1, 0.15) is 16.9 Å². The Balaban J connectivity index is 1.78. The molecule has 2 aromatic carbocycles. The second-order valence-corrected chi connectivity index (χ2v) is 9.89. The Bertz CT molecular complexity index is 1660. The van der Waals surface area contributed by atoms with Gasteiger partial charge < -0.3 is 14.4 Å². The minimum atomic E-state index is -0.790. The molecule has 1 amide bonds. The van der Waals surface area contributed by atoms with Crippen LogP contribution in [0.3, 0.4) is 0 Å². The van der Waals surface area contributed by atoms with Crippen LogP contribution in [0.5, 0.6) is 5.75 Å². The Hall–Kier alpha value is -4.24. The van der Waals surface area contributed by atoms with Crippen LogP contribution in [-0.4, -0.2) is 36.7 Å². The van der Waals surface area contributed by atoms with Gasteiger partial charge in [0.25, 0.3) is 11.5 Å². The van der Waals surface area contributed by atoms with Crippen LogP contribution >= 0.6 is 11.3 Å². The quantitative estimate of drug-likeness (QED) is 0.347. The van der Waals surface area contributed by atoms with Crippen molar-refractivity contribution in [1.82, 2.24) is 4.57 Å². The molecule has 0 radical (unpaired) electrons. The number of fused-ring (bicyclic) bond motifs is 2. The first-order chi connectivity index (χ1) is 18.4. The third kappa shape index (κ3) is 4.09. The van der Waals surface area contributed by atoms with Crippen molar-refractivity contribution in [2.24, 2.45) is 4.99 Å². The number of carbonyl (C=O) groups is 2. The maximum absolute atomic E-state index is 14.1. The van der Waals surface area contributed by atoms with Crippen molar-refractivity contribution < 1.29 is 19.1 Å². The molecule has 0 N–H and O–H groups in total. The van der Waals surface area contributed by atoms with Gasteiger partial charge >= 0.3 is 5.97 Å². The molecular weight excluding hydrogens is 502 g/mol. The number of para-hydroxylation sites is 1. The van der Waals surface area contributed by atoms with E-state index in [0.717, 1.165) is 29.0 Å². The number of aromatic nitrogens is 1. The summed E-state index contributed by atoms with van der Waals surface area (Å²) in [4.78, 5) is 47.7. The third-order valence-corrected chi connectivity index (χ3v) is 7.63. The van der Waals surface area contributed by atoms with E-state index in [0.29, 0.717) is 38.5 Å². The second-order valence-electron chi connectivity index (χ2n) is 8.91. The molecule has 2 aliphatic rings. The molecule has 38 heavy (non-hydrogen) atoms. The molecule has 2 aliphatic heterocycles. The van der Waals surface area contributed by atoms with Crippen molar-refractivity contribution in [1.29, 1.82) is 0 Å². The Morgan fingerprint density at radius 2 is 1.89 bits per heavy atom. The summed E-state index contributed by atoms with van der Waals surface area (Å²) in [5.74, 6) is -0.147. The Labute approximate surface area is 223 Å². The van der Waals surface area contributed by atoms with E-state index in [2.05, 4.69) is 11.6 Å². The number of carbonyl (C=O) groups excluding carboxylic acids is 2. The number of ether oxygens (including phenoxy) is 2. The van der Waals surface area contributed by atoms with E-state index in [1.165, 1.54) is 10.6 Å². The van der Waals surface area contributed by atoms with Gasteiger partial charge in [0, 0.05) is 12.1 Å². The summed E-state index contributed by atoms with van der Waals surface area (Å²) in [6.45, 7) is 7.91. The average Bonchev–Trinajstić information content (AvgIpc) is 3.39. The summed E-state index contributed by atoms with van der Waals surface area (Å²) >= 11 is 1.16. The van der Waals surface area contributed by atoms with E-state index in [9.17, 15) is 14.4 Å². The molecule has 3 heterocycles. The van der Waals surface area contributed by atoms with Gasteiger partial charge in [-0.2, -0.15) is 0 Å². The van der Waals surface area contributed by atoms with Crippen LogP contribution in [0.2, 0.25) is 0 Å². The van der Waals surface area contributed by atoms with Crippen LogP contribution < -0.4 is 24.5 Å². The minimum Gasteiger partial charge on any atom is -0.497 e. The van der Waals surface area contributed by atoms with Gasteiger partial charge in [-0.3, -0.25) is 14.2 Å². The van der Waals surface area contributed by atoms with E-state index in [1.807, 2.05) is 43.3 Å². The number of anilines is 1. The summed E-state index contributed by atoms with van der Waals surface area (Å²) < 4.78 is 12.5. The number of thiazole rings is 1. The Kier molecular flexibility index (Phi) is 6.86. The molecule has 0 aliphatic carbocycles. The highest BCUT2D eigenvalue weighted by Crippen LogP contribution is 2.36. The Morgan fingerprint density at radius 1 is 1.16 bits per heavy atom. The lowest BCUT2D eigenvalue weighted by Crippen LogP contribution is -2.41. The molecule has 1 atom stereocenters. The van der Waals surface area contributed by atoms with Gasteiger partial charge in [-0.1, -0.05) is 61.2 Å². The van der Waals surface area contributed by atoms with Gasteiger partial charge in [-0.05, 0) is 37.1 Å². The number of rotatable bonds is 7. The standard InChI is InChI=1S/C29H27N3O5S/c1-5-15-31-21-10-8-7-9-20(21)23(26(31)33)25-27(34)32-24(18-11-13-19(36-4)14-12-18)22(28(35)37-16-6-2)17(3)30-29(32)38-25/h6-14,24H,2,5,15-16H2,1,3-4H3/b25-23-/t24-/m1/s1. The number of amides is 1. The fourth-order valence-electron chi connectivity index (χ4n) is 4.89. The van der Waals surface area contributed by atoms with Gasteiger partial charge in [-0.15, -0.1) is 0 Å². The first-order valence-corrected chi connectivity index (χ1v) is 13.1. The smallest absolute Gasteiger partial charge is 0.338 e. The maximum Gasteiger partial charge on any atom is 0.338 e. The molecule has 0 saturated carbocycles. The lowest BCUT2D eigenvalue weighted by Gasteiger charge is -2.24. The minimum absolute atomic E-state index is 0.0259. The van der Waals surface area contributed by atoms with Crippen LogP contribution in [0, 0.1) is 0 Å². The number of methoxy groups -OCH3 is 1. The molecule has 5 rings (SSSR count). The van der Waals surface area contributed by atoms with Crippen molar-refractivity contribution in [3.63, 3.8) is 0 Å². The number of esters is 1. The third-order valence-electron chi connectivity index (χ3n) is 6.58. The van der Waals surface area contributed by atoms with Crippen LogP contribution in [0.1, 0.15) is 37.4 Å². The van der Waals surface area contributed by atoms with Crippen molar-refractivity contribution in [2.45, 2.75) is 26.3 Å². The van der Waals surface area contributed by atoms with Gasteiger partial charge in [0.05, 0.1) is 35.7 Å². The maximum atomic E-state index is 14.1. The molecule has 194 valence electrons. The van der Waals surface area contributed by atoms with Crippen LogP contribution in [-0.2, 0) is 14.3 Å². The summed E-state index contributed by atoms with van der Waals surface area (Å²) in [7, 11) is 1.57. The van der Waals surface area contributed by atoms with Gasteiger partial charge in [0.2, 0.25) is 0 Å². The molecule has 8 nitrogen and oxygen atoms in total. The van der Waals surface area contributed by atoms with Crippen molar-refractivity contribution in [2.75, 3.05) is 25.2 Å². The van der Waals surface area contributed by atoms with E-state index >= 15 is 0 Å². The fourth-order valence-corrected chi connectivity index (χ4v) is 6.03. The number of hydrogen-bond acceptors (Lipinski definition) is 7. The molecule has 0 bridgehead atoms. The van der Waals surface area contributed by atoms with E-state index in [1.54, 1.807) is 31.1 Å². The van der Waals surface area contributed by atoms with Crippen molar-refractivity contribution in [3.8, 4) is 5.75 Å². The molecule has 9 heteroatoms. The summed E-state index contributed by atoms with van der Waals surface area (Å²) in [6, 6.07) is 13.9. The lowest BCUT2D eigenvalue weighted by atomic mass is 9.96. The van der Waals surface area contributed by atoms with Crippen LogP contribution in [0.25, 0.3) is 5.57 Å². The SMILES string of the molecule is C=CCOC(=O)C1=C(C)N=c2s/c(=C3\C(=O)N(CCC)c4ccccc43)c(=O)n2[C@@H]1c1ccc(OC)cc1. The monoisotopic (exact) mass is 529 g/mol. The highest BCUT2D eigenvalue weighted by Gasteiger charge is 2.37. The van der Waals surface area contributed by atoms with E-state index in [-0.39, 0.29) is 23.6 Å². The summed E-state index contributed by atoms with van der Waals surface area (Å²) in [5.41, 5.74) is 2.88. The molecule has 1 aromatic heterocycles. The number of benzene rings is 2. The van der Waals surface area contributed by atoms with Crippen molar-refractivity contribution >= 4 is 34.5 Å². The number of allylic oxidation sites excluding steroid dienone is 1. The van der Waals surface area contributed by atoms with Gasteiger partial charge in [-0.25, -0.2) is 9.79 Å². The zero-order valence-corrected chi connectivity index (χ0v) is 22.2. The van der Waals surface area contributed by atoms with Crippen molar-refractivity contribution in [3.05, 3.63) is 103 Å². The topological polar surface area (TPSA) is 90.2 Å². The summed E-state index contributed by atoms with van der Waals surface area (Å²) in [6.07, 6.45) is 2.26. The fraction of sp³-hybridized carbons (Fsp3) is 0.241. The van der Waals surface area contributed by atoms with Crippen LogP contribution in [0.15, 0.2) is 82.2 Å². The zero-order chi connectivity index (χ0) is 27.0. The second kappa shape index (κ2) is 10.3.